The summed E-state index contributed by atoms with van der Waals surface area (Å²) in [5, 5.41) is 57.2. The number of aryl methyl sites for hydroxylation is 8. The predicted octanol–water partition coefficient (Wildman–Crippen LogP) is 11.1. The molecule has 0 unspecified atom stereocenters. The maximum absolute atomic E-state index is 10.7. The van der Waals surface area contributed by atoms with Gasteiger partial charge in [-0.05, 0) is 77.2 Å². The van der Waals surface area contributed by atoms with E-state index in [1.807, 2.05) is 89.8 Å². The molecule has 4 N–H and O–H groups in total. The zero-order valence-electron chi connectivity index (χ0n) is 55.7. The molecular weight excluding hydrogens is 1230 g/mol. The number of nitrogens with zero attached hydrogens (tertiary/aromatic N) is 11. The Morgan fingerprint density at radius 1 is 0.573 bits per heavy atom. The number of Topliss-reactive ketones (excluding diaryl/α,β-unsaturated/α-hetero) is 1. The first kappa shape index (κ1) is 94.9. The van der Waals surface area contributed by atoms with Gasteiger partial charge >= 0.3 is 191 Å². The van der Waals surface area contributed by atoms with Gasteiger partial charge in [0.15, 0.2) is 5.78 Å². The minimum atomic E-state index is -2.56. The fourth-order valence-corrected chi connectivity index (χ4v) is 13.1. The van der Waals surface area contributed by atoms with Crippen molar-refractivity contribution in [1.82, 2.24) is 48.9 Å². The van der Waals surface area contributed by atoms with E-state index in [9.17, 15) is 20.0 Å². The SMILES string of the molecule is C.C.C.C.C=C(C)c1cc(C)n(C)n1.CC(=O)c1cc(C)n(C)n1.CC(C)(C)[O-].CO.CO.CP(Br)(c1ccccc1)(c1ccccc1)c1ccccc1.Cc1c(N)c(C(C)C)nn1C.Cc1c([N+](=O)[O-])c(C(C)C)nn1C.Cc1cc(C(C)C)nn1C.[K+]. The van der Waals surface area contributed by atoms with Crippen LogP contribution in [0.3, 0.4) is 0 Å². The Labute approximate surface area is 588 Å². The number of allylic oxidation sites excluding steroid dienone is 1. The Kier molecular flexibility index (Phi) is 47.2. The fraction of sp³-hybridized carbons (Fsp3) is 0.471. The minimum Gasteiger partial charge on any atom is -0.396 e. The molecule has 21 heteroatoms. The van der Waals surface area contributed by atoms with Crippen molar-refractivity contribution < 1.29 is 76.4 Å². The Morgan fingerprint density at radius 2 is 0.876 bits per heavy atom. The number of rotatable bonds is 9. The molecule has 0 radical (unpaired) electrons. The smallest absolute Gasteiger partial charge is 0.396 e. The Bertz CT molecular complexity index is 3030. The second kappa shape index (κ2) is 44.3. The number of anilines is 1. The molecule has 8 rings (SSSR count). The van der Waals surface area contributed by atoms with Crippen LogP contribution in [0.25, 0.3) is 5.57 Å². The number of nitrogen functional groups attached to an aromatic ring is 1. The topological polar surface area (TPSA) is 239 Å². The van der Waals surface area contributed by atoms with Crippen molar-refractivity contribution in [3.63, 3.8) is 0 Å². The van der Waals surface area contributed by atoms with Crippen LogP contribution in [0.5, 0.6) is 0 Å². The summed E-state index contributed by atoms with van der Waals surface area (Å²) in [6, 6.07) is 38.2. The van der Waals surface area contributed by atoms with Gasteiger partial charge in [-0.15, -0.1) is 5.60 Å². The van der Waals surface area contributed by atoms with Crippen LogP contribution >= 0.6 is 20.8 Å². The number of hydrogen-bond donors (Lipinski definition) is 3. The fourth-order valence-electron chi connectivity index (χ4n) is 7.48. The van der Waals surface area contributed by atoms with E-state index in [1.165, 1.54) is 34.2 Å². The zero-order chi connectivity index (χ0) is 65.2. The summed E-state index contributed by atoms with van der Waals surface area (Å²) in [6.45, 7) is 36.5. The van der Waals surface area contributed by atoms with Crippen LogP contribution < -0.4 is 78.1 Å². The summed E-state index contributed by atoms with van der Waals surface area (Å²) < 4.78 is 8.83. The number of ketones is 1. The molecule has 0 amide bonds. The third kappa shape index (κ3) is 29.7. The van der Waals surface area contributed by atoms with Gasteiger partial charge in [-0.25, -0.2) is 0 Å². The maximum atomic E-state index is 10.7. The van der Waals surface area contributed by atoms with Gasteiger partial charge in [-0.3, -0.25) is 38.3 Å². The first-order valence-corrected chi connectivity index (χ1v) is 32.3. The molecule has 496 valence electrons. The van der Waals surface area contributed by atoms with E-state index in [4.69, 9.17) is 15.9 Å². The molecule has 0 fully saturated rings. The Balaban J connectivity index is -0.000000228. The first-order valence-electron chi connectivity index (χ1n) is 27.6. The number of nitrogens with two attached hydrogens (primary N) is 1. The van der Waals surface area contributed by atoms with Crippen LogP contribution in [0.4, 0.5) is 11.4 Å². The van der Waals surface area contributed by atoms with Crippen molar-refractivity contribution in [3.05, 3.63) is 183 Å². The van der Waals surface area contributed by atoms with Crippen LogP contribution in [-0.2, 0) is 35.2 Å². The summed E-state index contributed by atoms with van der Waals surface area (Å²) in [5.74, 6) is 1.05. The quantitative estimate of drug-likeness (QED) is 0.0402. The molecule has 0 spiro atoms. The van der Waals surface area contributed by atoms with E-state index in [0.717, 1.165) is 53.9 Å². The summed E-state index contributed by atoms with van der Waals surface area (Å²) >= 11 is 4.24. The van der Waals surface area contributed by atoms with E-state index in [-0.39, 0.29) is 103 Å². The van der Waals surface area contributed by atoms with Crippen molar-refractivity contribution in [2.24, 2.45) is 35.2 Å². The molecule has 89 heavy (non-hydrogen) atoms. The predicted molar refractivity (Wildman–Crippen MR) is 381 cm³/mol. The number of carbonyl (C=O) groups excluding carboxylic acids is 1. The number of aromatic nitrogens is 10. The van der Waals surface area contributed by atoms with Crippen molar-refractivity contribution in [2.45, 2.75) is 164 Å². The van der Waals surface area contributed by atoms with Crippen LogP contribution in [-0.4, -0.2) is 96.3 Å². The summed E-state index contributed by atoms with van der Waals surface area (Å²) in [7, 11) is 11.4. The molecule has 0 atom stereocenters. The molecule has 0 bridgehead atoms. The Morgan fingerprint density at radius 3 is 1.06 bits per heavy atom. The number of halogens is 1. The van der Waals surface area contributed by atoms with Crippen LogP contribution in [0.2, 0.25) is 0 Å². The van der Waals surface area contributed by atoms with Gasteiger partial charge in [0, 0.05) is 79.4 Å². The molecule has 0 saturated carbocycles. The van der Waals surface area contributed by atoms with Gasteiger partial charge < -0.3 is 21.1 Å². The largest absolute Gasteiger partial charge is 1.00 e. The maximum Gasteiger partial charge on any atom is 1.00 e. The third-order valence-corrected chi connectivity index (χ3v) is 21.1. The molecule has 8 aromatic rings. The first-order chi connectivity index (χ1) is 38.9. The van der Waals surface area contributed by atoms with Crippen molar-refractivity contribution in [3.8, 4) is 0 Å². The second-order valence-electron chi connectivity index (χ2n) is 22.0. The molecule has 3 aromatic carbocycles. The van der Waals surface area contributed by atoms with Crippen LogP contribution in [0.1, 0.15) is 185 Å². The third-order valence-electron chi connectivity index (χ3n) is 12.9. The molecular formula is C68H115BrKN12O6P. The molecule has 0 aliphatic carbocycles. The standard InChI is InChI=1S/C19H18BrP.C8H13N3O2.C8H15N3.C8H14N2.C8H12N2.C7H10N2O.C4H9O.2CH4O.4CH4.K/c1-21(20,17-11-5-2-6-12-17,18-13-7-3-8-14-18)19-15-9-4-10-16-19;1-5(2)7-8(11(12)13)6(3)10(4)9-7;1-5(2)8-7(9)6(3)11(4)10-8;2*1-6(2)8-5-7(3)10(4)9-8;1-5-4-7(6(2)10)8-9(5)3;1-4(2,3)5;2*1-2;;;;;/h2-16H,1H3;5H,1-4H3;5H,9H2,1-4H3;5-6H,1-4H3;5H,1H2,2-4H3;4H,1-3H3;1-3H3;2*2H,1H3;4*1H4;/q;;;;;;-1;;;;;;;+1. The van der Waals surface area contributed by atoms with Gasteiger partial charge in [-0.1, -0.05) is 98.6 Å². The number of hydrogen-bond acceptors (Lipinski definition) is 12. The van der Waals surface area contributed by atoms with Crippen LogP contribution in [0, 0.1) is 44.7 Å². The average Bonchev–Trinajstić information content (AvgIpc) is 1.62. The molecule has 0 saturated heterocycles. The van der Waals surface area contributed by atoms with Gasteiger partial charge in [0.2, 0.25) is 0 Å². The summed E-state index contributed by atoms with van der Waals surface area (Å²) in [5.41, 5.74) is 16.4. The van der Waals surface area contributed by atoms with Crippen molar-refractivity contribution in [1.29, 1.82) is 0 Å². The molecule has 0 aliphatic rings. The van der Waals surface area contributed by atoms with E-state index in [0.29, 0.717) is 28.9 Å². The summed E-state index contributed by atoms with van der Waals surface area (Å²) in [6.07, 6.45) is 0. The van der Waals surface area contributed by atoms with Crippen LogP contribution in [0.15, 0.2) is 116 Å². The molecule has 0 aliphatic heterocycles. The van der Waals surface area contributed by atoms with Gasteiger partial charge in [-0.2, -0.15) is 25.5 Å². The number of nitro groups is 1. The minimum absolute atomic E-state index is 0. The normalized spacial score (nSPS) is 10.3. The zero-order valence-corrected chi connectivity index (χ0v) is 61.3. The number of aliphatic hydroxyl groups excluding tert-OH is 2. The molecule has 18 nitrogen and oxygen atoms in total. The average molecular weight is 1350 g/mol. The summed E-state index contributed by atoms with van der Waals surface area (Å²) in [4.78, 5) is 21.1. The molecule has 5 heterocycles. The number of aliphatic hydroxyl groups is 2. The van der Waals surface area contributed by atoms with Crippen molar-refractivity contribution >= 4 is 59.4 Å². The van der Waals surface area contributed by atoms with Gasteiger partial charge in [0.1, 0.15) is 17.1 Å². The second-order valence-corrected chi connectivity index (χ2v) is 31.7. The van der Waals surface area contributed by atoms with E-state index in [1.54, 1.807) is 50.2 Å². The molecule has 5 aromatic heterocycles. The van der Waals surface area contributed by atoms with Gasteiger partial charge in [0.05, 0.1) is 33.4 Å². The van der Waals surface area contributed by atoms with Gasteiger partial charge in [0.25, 0.3) is 0 Å². The van der Waals surface area contributed by atoms with Crippen molar-refractivity contribution in [2.75, 3.05) is 26.6 Å². The number of carbonyl (C=O) groups is 1. The number of benzene rings is 3. The van der Waals surface area contributed by atoms with E-state index >= 15 is 0 Å². The van der Waals surface area contributed by atoms with E-state index < -0.39 is 10.9 Å². The van der Waals surface area contributed by atoms with E-state index in [2.05, 4.69) is 186 Å². The monoisotopic (exact) mass is 1340 g/mol. The Hall–Kier alpha value is -5.25.